The first-order chi connectivity index (χ1) is 17.2. The number of aromatic nitrogens is 1. The van der Waals surface area contributed by atoms with E-state index in [-0.39, 0.29) is 5.56 Å². The van der Waals surface area contributed by atoms with Crippen LogP contribution in [0.1, 0.15) is 26.6 Å². The lowest BCUT2D eigenvalue weighted by atomic mass is 9.96. The van der Waals surface area contributed by atoms with Crippen molar-refractivity contribution < 1.29 is 22.7 Å². The molecule has 2 N–H and O–H groups in total. The lowest BCUT2D eigenvalue weighted by Gasteiger charge is -2.15. The second-order valence-electron chi connectivity index (χ2n) is 8.02. The molecule has 0 aliphatic heterocycles. The Morgan fingerprint density at radius 2 is 1.69 bits per heavy atom. The number of nitrogens with zero attached hydrogens (tertiary/aromatic N) is 1. The Morgan fingerprint density at radius 3 is 2.31 bits per heavy atom. The van der Waals surface area contributed by atoms with Crippen LogP contribution in [-0.2, 0) is 12.6 Å². The van der Waals surface area contributed by atoms with E-state index < -0.39 is 17.6 Å². The van der Waals surface area contributed by atoms with Crippen molar-refractivity contribution in [2.75, 3.05) is 24.3 Å². The molecular weight excluding hydrogens is 487 g/mol. The molecule has 186 valence electrons. The number of amides is 1. The molecule has 36 heavy (non-hydrogen) atoms. The van der Waals surface area contributed by atoms with Crippen LogP contribution in [-0.4, -0.2) is 24.5 Å². The van der Waals surface area contributed by atoms with Gasteiger partial charge in [0.05, 0.1) is 28.9 Å². The maximum absolute atomic E-state index is 13.2. The molecule has 3 aromatic carbocycles. The van der Waals surface area contributed by atoms with E-state index in [1.165, 1.54) is 19.2 Å². The summed E-state index contributed by atoms with van der Waals surface area (Å²) in [6.07, 6.45) is -3.63. The quantitative estimate of drug-likeness (QED) is 0.266. The molecule has 4 rings (SSSR count). The Kier molecular flexibility index (Phi) is 7.59. The van der Waals surface area contributed by atoms with Gasteiger partial charge < -0.3 is 15.4 Å². The summed E-state index contributed by atoms with van der Waals surface area (Å²) in [4.78, 5) is 17.6. The standard InChI is InChI=1S/C27H24F3N3O2S/c1-17-32-22(16-36-17)14-15-31-20-10-12-21(13-11-20)33-26(34)23-4-3-5-24(35-2)25(23)18-6-8-19(9-7-18)27(28,29)30/h3-13,16,31H,14-15H2,1-2H3,(H,33,34). The van der Waals surface area contributed by atoms with Gasteiger partial charge >= 0.3 is 6.18 Å². The Morgan fingerprint density at radius 1 is 1.00 bits per heavy atom. The second kappa shape index (κ2) is 10.8. The number of alkyl halides is 3. The number of rotatable bonds is 8. The highest BCUT2D eigenvalue weighted by atomic mass is 32.1. The minimum Gasteiger partial charge on any atom is -0.496 e. The van der Waals surface area contributed by atoms with Crippen LogP contribution >= 0.6 is 11.3 Å². The molecule has 1 amide bonds. The largest absolute Gasteiger partial charge is 0.496 e. The number of carbonyl (C=O) groups is 1. The molecule has 1 aromatic heterocycles. The predicted molar refractivity (Wildman–Crippen MR) is 137 cm³/mol. The molecule has 9 heteroatoms. The van der Waals surface area contributed by atoms with Crippen molar-refractivity contribution in [1.29, 1.82) is 0 Å². The molecule has 0 saturated heterocycles. The molecule has 0 aliphatic carbocycles. The highest BCUT2D eigenvalue weighted by molar-refractivity contribution is 7.09. The molecule has 0 unspecified atom stereocenters. The van der Waals surface area contributed by atoms with Crippen LogP contribution in [0.15, 0.2) is 72.1 Å². The molecular formula is C27H24F3N3O2S. The fraction of sp³-hybridized carbons (Fsp3) is 0.185. The van der Waals surface area contributed by atoms with Crippen LogP contribution in [0.3, 0.4) is 0 Å². The number of carbonyl (C=O) groups excluding carboxylic acids is 1. The minimum absolute atomic E-state index is 0.287. The molecule has 0 bridgehead atoms. The van der Waals surface area contributed by atoms with Gasteiger partial charge in [0.25, 0.3) is 5.91 Å². The maximum Gasteiger partial charge on any atom is 0.416 e. The number of ether oxygens (including phenoxy) is 1. The van der Waals surface area contributed by atoms with E-state index in [1.54, 1.807) is 41.7 Å². The third-order valence-electron chi connectivity index (χ3n) is 5.51. The Hall–Kier alpha value is -3.85. The topological polar surface area (TPSA) is 63.2 Å². The van der Waals surface area contributed by atoms with E-state index in [0.717, 1.165) is 41.5 Å². The monoisotopic (exact) mass is 511 g/mol. The number of aryl methyl sites for hydroxylation is 1. The first kappa shape index (κ1) is 25.2. The van der Waals surface area contributed by atoms with Crippen LogP contribution in [0.25, 0.3) is 11.1 Å². The van der Waals surface area contributed by atoms with Crippen molar-refractivity contribution >= 4 is 28.6 Å². The van der Waals surface area contributed by atoms with Crippen molar-refractivity contribution in [2.24, 2.45) is 0 Å². The first-order valence-corrected chi connectivity index (χ1v) is 12.0. The van der Waals surface area contributed by atoms with Crippen LogP contribution in [0.5, 0.6) is 5.75 Å². The summed E-state index contributed by atoms with van der Waals surface area (Å²) in [5, 5.41) is 9.28. The van der Waals surface area contributed by atoms with Gasteiger partial charge in [0.15, 0.2) is 0 Å². The van der Waals surface area contributed by atoms with Crippen LogP contribution in [0.4, 0.5) is 24.5 Å². The molecule has 0 aliphatic rings. The van der Waals surface area contributed by atoms with Gasteiger partial charge in [-0.15, -0.1) is 11.3 Å². The summed E-state index contributed by atoms with van der Waals surface area (Å²) in [6, 6.07) is 16.9. The normalized spacial score (nSPS) is 11.2. The molecule has 0 fully saturated rings. The SMILES string of the molecule is COc1cccc(C(=O)Nc2ccc(NCCc3csc(C)n3)cc2)c1-c1ccc(C(F)(F)F)cc1. The zero-order valence-corrected chi connectivity index (χ0v) is 20.5. The fourth-order valence-corrected chi connectivity index (χ4v) is 4.39. The summed E-state index contributed by atoms with van der Waals surface area (Å²) in [6.45, 7) is 2.71. The van der Waals surface area contributed by atoms with Crippen molar-refractivity contribution in [3.05, 3.63) is 93.9 Å². The van der Waals surface area contributed by atoms with E-state index >= 15 is 0 Å². The zero-order valence-electron chi connectivity index (χ0n) is 19.6. The Bertz CT molecular complexity index is 1330. The Balaban J connectivity index is 1.47. The molecule has 0 radical (unpaired) electrons. The summed E-state index contributed by atoms with van der Waals surface area (Å²) in [7, 11) is 1.45. The molecule has 0 atom stereocenters. The highest BCUT2D eigenvalue weighted by Gasteiger charge is 2.30. The van der Waals surface area contributed by atoms with Gasteiger partial charge in [0, 0.05) is 35.3 Å². The lowest BCUT2D eigenvalue weighted by Crippen LogP contribution is -2.14. The molecule has 5 nitrogen and oxygen atoms in total. The van der Waals surface area contributed by atoms with E-state index in [9.17, 15) is 18.0 Å². The first-order valence-electron chi connectivity index (χ1n) is 11.2. The minimum atomic E-state index is -4.44. The smallest absolute Gasteiger partial charge is 0.416 e. The third kappa shape index (κ3) is 6.04. The van der Waals surface area contributed by atoms with Gasteiger partial charge in [0.2, 0.25) is 0 Å². The number of anilines is 2. The summed E-state index contributed by atoms with van der Waals surface area (Å²) >= 11 is 1.63. The molecule has 0 saturated carbocycles. The van der Waals surface area contributed by atoms with Gasteiger partial charge in [-0.1, -0.05) is 18.2 Å². The van der Waals surface area contributed by atoms with E-state index in [4.69, 9.17) is 4.74 Å². The summed E-state index contributed by atoms with van der Waals surface area (Å²) in [5.41, 5.74) is 2.93. The number of hydrogen-bond acceptors (Lipinski definition) is 5. The van der Waals surface area contributed by atoms with Crippen molar-refractivity contribution in [1.82, 2.24) is 4.98 Å². The zero-order chi connectivity index (χ0) is 25.7. The van der Waals surface area contributed by atoms with Gasteiger partial charge in [0.1, 0.15) is 5.75 Å². The fourth-order valence-electron chi connectivity index (χ4n) is 3.74. The van der Waals surface area contributed by atoms with Gasteiger partial charge in [-0.05, 0) is 61.0 Å². The molecule has 1 heterocycles. The van der Waals surface area contributed by atoms with Gasteiger partial charge in [-0.2, -0.15) is 13.2 Å². The highest BCUT2D eigenvalue weighted by Crippen LogP contribution is 2.36. The third-order valence-corrected chi connectivity index (χ3v) is 6.33. The van der Waals surface area contributed by atoms with Crippen LogP contribution < -0.4 is 15.4 Å². The number of nitrogens with one attached hydrogen (secondary N) is 2. The average Bonchev–Trinajstić information content (AvgIpc) is 3.29. The van der Waals surface area contributed by atoms with E-state index in [1.807, 2.05) is 24.4 Å². The number of halogens is 3. The number of thiazole rings is 1. The average molecular weight is 512 g/mol. The van der Waals surface area contributed by atoms with Crippen molar-refractivity contribution in [3.8, 4) is 16.9 Å². The predicted octanol–water partition coefficient (Wildman–Crippen LogP) is 7.05. The van der Waals surface area contributed by atoms with Gasteiger partial charge in [-0.25, -0.2) is 4.98 Å². The number of hydrogen-bond donors (Lipinski definition) is 2. The second-order valence-corrected chi connectivity index (χ2v) is 9.09. The molecule has 4 aromatic rings. The maximum atomic E-state index is 13.2. The van der Waals surface area contributed by atoms with Crippen molar-refractivity contribution in [3.63, 3.8) is 0 Å². The van der Waals surface area contributed by atoms with E-state index in [2.05, 4.69) is 15.6 Å². The summed E-state index contributed by atoms with van der Waals surface area (Å²) in [5.74, 6) is -0.0133. The Labute approximate surface area is 211 Å². The lowest BCUT2D eigenvalue weighted by molar-refractivity contribution is -0.137. The summed E-state index contributed by atoms with van der Waals surface area (Å²) < 4.78 is 44.4. The van der Waals surface area contributed by atoms with Crippen LogP contribution in [0.2, 0.25) is 0 Å². The molecule has 0 spiro atoms. The van der Waals surface area contributed by atoms with Crippen LogP contribution in [0, 0.1) is 6.92 Å². The van der Waals surface area contributed by atoms with E-state index in [0.29, 0.717) is 22.6 Å². The van der Waals surface area contributed by atoms with Gasteiger partial charge in [-0.3, -0.25) is 4.79 Å². The number of benzene rings is 3. The number of methoxy groups -OCH3 is 1. The van der Waals surface area contributed by atoms with Crippen molar-refractivity contribution in [2.45, 2.75) is 19.5 Å².